The number of aliphatic hydroxyl groups is 1. The Hall–Kier alpha value is -1.06. The number of hydrogen-bond donors (Lipinski definition) is 1. The van der Waals surface area contributed by atoms with Crippen molar-refractivity contribution in [3.63, 3.8) is 0 Å². The van der Waals surface area contributed by atoms with Gasteiger partial charge in [-0.25, -0.2) is 0 Å². The summed E-state index contributed by atoms with van der Waals surface area (Å²) < 4.78 is 5.52. The van der Waals surface area contributed by atoms with Crippen molar-refractivity contribution in [3.8, 4) is 5.75 Å². The Bertz CT molecular complexity index is 419. The lowest BCUT2D eigenvalue weighted by molar-refractivity contribution is 0.160. The molecule has 1 aromatic rings. The lowest BCUT2D eigenvalue weighted by Gasteiger charge is -2.22. The molecule has 3 nitrogen and oxygen atoms in total. The molecule has 3 rings (SSSR count). The molecule has 1 atom stereocenters. The molecule has 0 aromatic heterocycles. The molecule has 0 aliphatic carbocycles. The van der Waals surface area contributed by atoms with Gasteiger partial charge in [0.2, 0.25) is 0 Å². The van der Waals surface area contributed by atoms with Crippen molar-refractivity contribution >= 4 is 0 Å². The molecular weight excluding hydrogens is 226 g/mol. The van der Waals surface area contributed by atoms with Gasteiger partial charge in [-0.05, 0) is 43.0 Å². The van der Waals surface area contributed by atoms with Crippen LogP contribution in [0.15, 0.2) is 18.2 Å². The van der Waals surface area contributed by atoms with E-state index in [0.717, 1.165) is 44.7 Å². The average molecular weight is 247 g/mol. The highest BCUT2D eigenvalue weighted by Crippen LogP contribution is 2.26. The SMILES string of the molecule is OC[C@@H]1CCCN1CCc1ccc2c(c1)CCO2. The summed E-state index contributed by atoms with van der Waals surface area (Å²) in [6.07, 6.45) is 4.49. The fourth-order valence-electron chi connectivity index (χ4n) is 3.06. The van der Waals surface area contributed by atoms with Crippen molar-refractivity contribution in [2.24, 2.45) is 0 Å². The van der Waals surface area contributed by atoms with Crippen LogP contribution in [0.2, 0.25) is 0 Å². The first-order chi connectivity index (χ1) is 8.86. The molecule has 0 saturated carbocycles. The van der Waals surface area contributed by atoms with Gasteiger partial charge in [0, 0.05) is 19.0 Å². The van der Waals surface area contributed by atoms with E-state index in [-0.39, 0.29) is 0 Å². The second-order valence-corrected chi connectivity index (χ2v) is 5.31. The standard InChI is InChI=1S/C15H21NO2/c17-11-14-2-1-7-16(14)8-5-12-3-4-15-13(10-12)6-9-18-15/h3-4,10,14,17H,1-2,5-9,11H2/t14-/m0/s1. The number of likely N-dealkylation sites (tertiary alicyclic amines) is 1. The molecule has 1 aromatic carbocycles. The van der Waals surface area contributed by atoms with Crippen molar-refractivity contribution in [1.29, 1.82) is 0 Å². The van der Waals surface area contributed by atoms with Crippen molar-refractivity contribution in [2.45, 2.75) is 31.7 Å². The van der Waals surface area contributed by atoms with Crippen LogP contribution in [0.4, 0.5) is 0 Å². The molecule has 1 saturated heterocycles. The Morgan fingerprint density at radius 3 is 3.22 bits per heavy atom. The highest BCUT2D eigenvalue weighted by molar-refractivity contribution is 5.39. The highest BCUT2D eigenvalue weighted by atomic mass is 16.5. The van der Waals surface area contributed by atoms with E-state index >= 15 is 0 Å². The van der Waals surface area contributed by atoms with Crippen LogP contribution < -0.4 is 4.74 Å². The second kappa shape index (κ2) is 5.29. The van der Waals surface area contributed by atoms with Gasteiger partial charge in [-0.2, -0.15) is 0 Å². The number of fused-ring (bicyclic) bond motifs is 1. The first kappa shape index (κ1) is 12.0. The average Bonchev–Trinajstić information content (AvgIpc) is 3.04. The summed E-state index contributed by atoms with van der Waals surface area (Å²) in [5.74, 6) is 1.06. The number of rotatable bonds is 4. The van der Waals surface area contributed by atoms with Crippen LogP contribution in [0.1, 0.15) is 24.0 Å². The zero-order valence-electron chi connectivity index (χ0n) is 10.8. The summed E-state index contributed by atoms with van der Waals surface area (Å²) in [6.45, 7) is 3.33. The predicted molar refractivity (Wildman–Crippen MR) is 71.0 cm³/mol. The maximum absolute atomic E-state index is 9.30. The zero-order valence-corrected chi connectivity index (χ0v) is 10.8. The van der Waals surface area contributed by atoms with Gasteiger partial charge >= 0.3 is 0 Å². The van der Waals surface area contributed by atoms with E-state index in [1.54, 1.807) is 0 Å². The van der Waals surface area contributed by atoms with Crippen molar-refractivity contribution in [1.82, 2.24) is 4.90 Å². The van der Waals surface area contributed by atoms with Crippen molar-refractivity contribution < 1.29 is 9.84 Å². The largest absolute Gasteiger partial charge is 0.493 e. The molecule has 0 unspecified atom stereocenters. The Kier molecular flexibility index (Phi) is 3.52. The monoisotopic (exact) mass is 247 g/mol. The third-order valence-corrected chi connectivity index (χ3v) is 4.15. The molecule has 0 amide bonds. The number of benzene rings is 1. The van der Waals surface area contributed by atoms with Gasteiger partial charge in [-0.3, -0.25) is 4.90 Å². The minimum absolute atomic E-state index is 0.304. The van der Waals surface area contributed by atoms with Gasteiger partial charge in [0.05, 0.1) is 13.2 Å². The summed E-state index contributed by atoms with van der Waals surface area (Å²) in [5.41, 5.74) is 2.75. The van der Waals surface area contributed by atoms with Gasteiger partial charge in [0.1, 0.15) is 5.75 Å². The first-order valence-corrected chi connectivity index (χ1v) is 6.96. The molecule has 3 heteroatoms. The Morgan fingerprint density at radius 2 is 2.33 bits per heavy atom. The molecule has 2 aliphatic heterocycles. The smallest absolute Gasteiger partial charge is 0.122 e. The van der Waals surface area contributed by atoms with Gasteiger partial charge in [-0.15, -0.1) is 0 Å². The van der Waals surface area contributed by atoms with Gasteiger partial charge in [0.25, 0.3) is 0 Å². The Labute approximate surface area is 108 Å². The second-order valence-electron chi connectivity index (χ2n) is 5.31. The van der Waals surface area contributed by atoms with E-state index in [2.05, 4.69) is 23.1 Å². The van der Waals surface area contributed by atoms with Crippen LogP contribution in [0.5, 0.6) is 5.75 Å². The molecule has 0 bridgehead atoms. The Morgan fingerprint density at radius 1 is 1.39 bits per heavy atom. The van der Waals surface area contributed by atoms with E-state index in [4.69, 9.17) is 4.74 Å². The molecular formula is C15H21NO2. The van der Waals surface area contributed by atoms with E-state index < -0.39 is 0 Å². The summed E-state index contributed by atoms with van der Waals surface area (Å²) >= 11 is 0. The maximum Gasteiger partial charge on any atom is 0.122 e. The molecule has 0 spiro atoms. The van der Waals surface area contributed by atoms with E-state index in [1.165, 1.54) is 17.5 Å². The van der Waals surface area contributed by atoms with E-state index in [9.17, 15) is 5.11 Å². The van der Waals surface area contributed by atoms with Crippen LogP contribution in [-0.4, -0.2) is 42.4 Å². The summed E-state index contributed by atoms with van der Waals surface area (Å²) in [6, 6.07) is 6.95. The van der Waals surface area contributed by atoms with Gasteiger partial charge < -0.3 is 9.84 Å². The van der Waals surface area contributed by atoms with Gasteiger partial charge in [0.15, 0.2) is 0 Å². The predicted octanol–water partition coefficient (Wildman–Crippen LogP) is 1.62. The quantitative estimate of drug-likeness (QED) is 0.877. The normalized spacial score (nSPS) is 23.1. The fourth-order valence-corrected chi connectivity index (χ4v) is 3.06. The van der Waals surface area contributed by atoms with Crippen LogP contribution in [-0.2, 0) is 12.8 Å². The zero-order chi connectivity index (χ0) is 12.4. The topological polar surface area (TPSA) is 32.7 Å². The van der Waals surface area contributed by atoms with Crippen LogP contribution >= 0.6 is 0 Å². The van der Waals surface area contributed by atoms with E-state index in [0.29, 0.717) is 12.6 Å². The third kappa shape index (κ3) is 2.38. The van der Waals surface area contributed by atoms with Crippen LogP contribution in [0.25, 0.3) is 0 Å². The van der Waals surface area contributed by atoms with Crippen LogP contribution in [0.3, 0.4) is 0 Å². The minimum atomic E-state index is 0.304. The first-order valence-electron chi connectivity index (χ1n) is 6.96. The lowest BCUT2D eigenvalue weighted by atomic mass is 10.1. The molecule has 1 fully saturated rings. The Balaban J connectivity index is 1.60. The number of ether oxygens (including phenoxy) is 1. The molecule has 2 aliphatic rings. The molecule has 0 radical (unpaired) electrons. The maximum atomic E-state index is 9.30. The van der Waals surface area contributed by atoms with Crippen LogP contribution in [0, 0.1) is 0 Å². The third-order valence-electron chi connectivity index (χ3n) is 4.15. The minimum Gasteiger partial charge on any atom is -0.493 e. The van der Waals surface area contributed by atoms with Crippen molar-refractivity contribution in [3.05, 3.63) is 29.3 Å². The summed E-state index contributed by atoms with van der Waals surface area (Å²) in [5, 5.41) is 9.30. The van der Waals surface area contributed by atoms with E-state index in [1.807, 2.05) is 0 Å². The number of aliphatic hydroxyl groups excluding tert-OH is 1. The number of hydrogen-bond acceptors (Lipinski definition) is 3. The summed E-state index contributed by atoms with van der Waals surface area (Å²) in [4.78, 5) is 2.42. The highest BCUT2D eigenvalue weighted by Gasteiger charge is 2.23. The van der Waals surface area contributed by atoms with Crippen molar-refractivity contribution in [2.75, 3.05) is 26.3 Å². The molecule has 98 valence electrons. The fraction of sp³-hybridized carbons (Fsp3) is 0.600. The number of nitrogens with zero attached hydrogens (tertiary/aromatic N) is 1. The molecule has 1 N–H and O–H groups in total. The van der Waals surface area contributed by atoms with Gasteiger partial charge in [-0.1, -0.05) is 12.1 Å². The lowest BCUT2D eigenvalue weighted by Crippen LogP contribution is -2.33. The molecule has 2 heterocycles. The molecule has 18 heavy (non-hydrogen) atoms. The summed E-state index contributed by atoms with van der Waals surface area (Å²) in [7, 11) is 0.